The lowest BCUT2D eigenvalue weighted by Gasteiger charge is -2.34. The number of carbonyl (C=O) groups is 1. The van der Waals surface area contributed by atoms with Crippen LogP contribution in [-0.4, -0.2) is 66.2 Å². The van der Waals surface area contributed by atoms with Crippen LogP contribution in [-0.2, 0) is 4.79 Å². The maximum absolute atomic E-state index is 12.7. The van der Waals surface area contributed by atoms with Crippen LogP contribution < -0.4 is 5.73 Å². The first kappa shape index (κ1) is 14.8. The van der Waals surface area contributed by atoms with Gasteiger partial charge in [0.2, 0.25) is 5.91 Å². The van der Waals surface area contributed by atoms with Gasteiger partial charge >= 0.3 is 0 Å². The van der Waals surface area contributed by atoms with Crippen molar-refractivity contribution in [1.82, 2.24) is 9.80 Å². The molecule has 1 saturated carbocycles. The maximum Gasteiger partial charge on any atom is 0.227 e. The van der Waals surface area contributed by atoms with Gasteiger partial charge in [-0.15, -0.1) is 0 Å². The lowest BCUT2D eigenvalue weighted by atomic mass is 9.84. The number of amides is 1. The van der Waals surface area contributed by atoms with Crippen LogP contribution in [0.2, 0.25) is 0 Å². The molecule has 1 aliphatic heterocycles. The Balaban J connectivity index is 2.03. The summed E-state index contributed by atoms with van der Waals surface area (Å²) in [6.45, 7) is 1.28. The van der Waals surface area contributed by atoms with Gasteiger partial charge in [-0.1, -0.05) is 12.8 Å². The van der Waals surface area contributed by atoms with Gasteiger partial charge in [-0.2, -0.15) is 0 Å². The van der Waals surface area contributed by atoms with Crippen molar-refractivity contribution in [2.75, 3.05) is 27.2 Å². The summed E-state index contributed by atoms with van der Waals surface area (Å²) in [4.78, 5) is 16.6. The number of hydrogen-bond acceptors (Lipinski definition) is 4. The Kier molecular flexibility index (Phi) is 4.81. The van der Waals surface area contributed by atoms with Crippen molar-refractivity contribution in [3.63, 3.8) is 0 Å². The molecule has 2 aliphatic rings. The molecule has 4 unspecified atom stereocenters. The van der Waals surface area contributed by atoms with Crippen molar-refractivity contribution in [3.8, 4) is 0 Å². The van der Waals surface area contributed by atoms with E-state index in [1.807, 2.05) is 19.0 Å². The van der Waals surface area contributed by atoms with Gasteiger partial charge in [0.15, 0.2) is 0 Å². The van der Waals surface area contributed by atoms with Crippen molar-refractivity contribution in [1.29, 1.82) is 0 Å². The first-order valence-corrected chi connectivity index (χ1v) is 7.38. The first-order valence-electron chi connectivity index (χ1n) is 7.38. The van der Waals surface area contributed by atoms with Crippen molar-refractivity contribution in [2.45, 2.75) is 50.3 Å². The molecule has 0 aromatic rings. The minimum atomic E-state index is -0.381. The topological polar surface area (TPSA) is 69.8 Å². The lowest BCUT2D eigenvalue weighted by molar-refractivity contribution is -0.138. The number of hydrogen-bond donors (Lipinski definition) is 2. The van der Waals surface area contributed by atoms with Crippen LogP contribution in [0, 0.1) is 5.92 Å². The molecule has 1 saturated heterocycles. The van der Waals surface area contributed by atoms with Crippen LogP contribution in [0.3, 0.4) is 0 Å². The third kappa shape index (κ3) is 3.46. The molecule has 2 rings (SSSR count). The van der Waals surface area contributed by atoms with E-state index in [9.17, 15) is 9.90 Å². The Bertz CT molecular complexity index is 322. The van der Waals surface area contributed by atoms with Crippen molar-refractivity contribution >= 4 is 5.91 Å². The summed E-state index contributed by atoms with van der Waals surface area (Å²) in [5.74, 6) is 0.124. The molecule has 5 heteroatoms. The number of likely N-dealkylation sites (N-methyl/N-ethyl adjacent to an activating group) is 1. The molecule has 5 nitrogen and oxygen atoms in total. The molecular formula is C14H27N3O2. The van der Waals surface area contributed by atoms with E-state index in [1.54, 1.807) is 0 Å². The van der Waals surface area contributed by atoms with E-state index in [4.69, 9.17) is 5.73 Å². The van der Waals surface area contributed by atoms with Gasteiger partial charge in [-0.3, -0.25) is 4.79 Å². The minimum Gasteiger partial charge on any atom is -0.391 e. The third-order valence-electron chi connectivity index (χ3n) is 4.39. The van der Waals surface area contributed by atoms with Gasteiger partial charge in [0.05, 0.1) is 12.0 Å². The second-order valence-corrected chi connectivity index (χ2v) is 6.35. The molecule has 0 aromatic heterocycles. The van der Waals surface area contributed by atoms with Crippen LogP contribution >= 0.6 is 0 Å². The Morgan fingerprint density at radius 3 is 2.68 bits per heavy atom. The smallest absolute Gasteiger partial charge is 0.227 e. The summed E-state index contributed by atoms with van der Waals surface area (Å²) in [6, 6.07) is 0.130. The maximum atomic E-state index is 12.7. The highest BCUT2D eigenvalue weighted by Crippen LogP contribution is 2.28. The first-order chi connectivity index (χ1) is 8.99. The Labute approximate surface area is 115 Å². The molecule has 1 heterocycles. The summed E-state index contributed by atoms with van der Waals surface area (Å²) in [6.07, 6.45) is 4.39. The van der Waals surface area contributed by atoms with Gasteiger partial charge in [-0.05, 0) is 33.4 Å². The monoisotopic (exact) mass is 269 g/mol. The second-order valence-electron chi connectivity index (χ2n) is 6.35. The predicted molar refractivity (Wildman–Crippen MR) is 74.6 cm³/mol. The molecule has 0 radical (unpaired) electrons. The van der Waals surface area contributed by atoms with E-state index in [0.717, 1.165) is 32.2 Å². The van der Waals surface area contributed by atoms with E-state index in [-0.39, 0.29) is 30.0 Å². The molecule has 0 aromatic carbocycles. The lowest BCUT2D eigenvalue weighted by Crippen LogP contribution is -2.49. The molecular weight excluding hydrogens is 242 g/mol. The second kappa shape index (κ2) is 6.20. The summed E-state index contributed by atoms with van der Waals surface area (Å²) in [7, 11) is 4.00. The summed E-state index contributed by atoms with van der Waals surface area (Å²) >= 11 is 0. The van der Waals surface area contributed by atoms with E-state index >= 15 is 0 Å². The molecule has 1 amide bonds. The Hall–Kier alpha value is -0.650. The van der Waals surface area contributed by atoms with Crippen LogP contribution in [0.4, 0.5) is 0 Å². The molecule has 4 atom stereocenters. The van der Waals surface area contributed by atoms with Crippen LogP contribution in [0.15, 0.2) is 0 Å². The number of carbonyl (C=O) groups excluding carboxylic acids is 1. The Morgan fingerprint density at radius 1 is 1.37 bits per heavy atom. The number of aliphatic hydroxyl groups excluding tert-OH is 1. The normalized spacial score (nSPS) is 35.9. The Morgan fingerprint density at radius 2 is 2.05 bits per heavy atom. The molecule has 1 aliphatic carbocycles. The average Bonchev–Trinajstić information content (AvgIpc) is 2.69. The van der Waals surface area contributed by atoms with Gasteiger partial charge in [0, 0.05) is 25.2 Å². The quantitative estimate of drug-likeness (QED) is 0.758. The van der Waals surface area contributed by atoms with E-state index in [2.05, 4.69) is 4.90 Å². The van der Waals surface area contributed by atoms with Crippen LogP contribution in [0.5, 0.6) is 0 Å². The van der Waals surface area contributed by atoms with Gasteiger partial charge in [-0.25, -0.2) is 0 Å². The van der Waals surface area contributed by atoms with E-state index in [0.29, 0.717) is 13.0 Å². The fraction of sp³-hybridized carbons (Fsp3) is 0.929. The fourth-order valence-electron chi connectivity index (χ4n) is 3.44. The minimum absolute atomic E-state index is 0.000927. The zero-order chi connectivity index (χ0) is 14.0. The standard InChI is InChI=1S/C14H27N3O2/c1-16(2)8-10-7-11(18)9-17(10)14(19)12-5-3-4-6-13(12)15/h10-13,18H,3-9,15H2,1-2H3. The largest absolute Gasteiger partial charge is 0.391 e. The van der Waals surface area contributed by atoms with Gasteiger partial charge in [0.25, 0.3) is 0 Å². The van der Waals surface area contributed by atoms with E-state index in [1.165, 1.54) is 0 Å². The third-order valence-corrected chi connectivity index (χ3v) is 4.39. The highest BCUT2D eigenvalue weighted by atomic mass is 16.3. The van der Waals surface area contributed by atoms with E-state index < -0.39 is 0 Å². The van der Waals surface area contributed by atoms with Crippen molar-refractivity contribution < 1.29 is 9.90 Å². The molecule has 110 valence electrons. The zero-order valence-corrected chi connectivity index (χ0v) is 12.1. The van der Waals surface area contributed by atoms with Gasteiger partial charge in [0.1, 0.15) is 0 Å². The zero-order valence-electron chi connectivity index (χ0n) is 12.1. The summed E-state index contributed by atoms with van der Waals surface area (Å²) in [5, 5.41) is 9.85. The molecule has 3 N–H and O–H groups in total. The summed E-state index contributed by atoms with van der Waals surface area (Å²) < 4.78 is 0. The number of aliphatic hydroxyl groups is 1. The molecule has 19 heavy (non-hydrogen) atoms. The number of rotatable bonds is 3. The number of nitrogens with two attached hydrogens (primary N) is 1. The SMILES string of the molecule is CN(C)CC1CC(O)CN1C(=O)C1CCCCC1N. The fourth-order valence-corrected chi connectivity index (χ4v) is 3.44. The molecule has 0 spiro atoms. The number of nitrogens with zero attached hydrogens (tertiary/aromatic N) is 2. The highest BCUT2D eigenvalue weighted by molar-refractivity contribution is 5.80. The number of β-amino-alcohol motifs (C(OH)–C–C–N with tert-alkyl or cyclic N) is 1. The van der Waals surface area contributed by atoms with Crippen LogP contribution in [0.25, 0.3) is 0 Å². The molecule has 2 fully saturated rings. The summed E-state index contributed by atoms with van der Waals surface area (Å²) in [5.41, 5.74) is 6.11. The van der Waals surface area contributed by atoms with Crippen molar-refractivity contribution in [3.05, 3.63) is 0 Å². The van der Waals surface area contributed by atoms with Crippen LogP contribution in [0.1, 0.15) is 32.1 Å². The van der Waals surface area contributed by atoms with Gasteiger partial charge < -0.3 is 20.6 Å². The predicted octanol–water partition coefficient (Wildman–Crippen LogP) is 0.0273. The number of likely N-dealkylation sites (tertiary alicyclic amines) is 1. The molecule has 0 bridgehead atoms. The highest BCUT2D eigenvalue weighted by Gasteiger charge is 2.39. The van der Waals surface area contributed by atoms with Crippen molar-refractivity contribution in [2.24, 2.45) is 11.7 Å². The average molecular weight is 269 g/mol.